The summed E-state index contributed by atoms with van der Waals surface area (Å²) in [6.45, 7) is 8.81. The number of hydrogen-bond donors (Lipinski definition) is 4. The van der Waals surface area contributed by atoms with Gasteiger partial charge in [-0.1, -0.05) is 20.8 Å². The van der Waals surface area contributed by atoms with Crippen LogP contribution in [0.4, 0.5) is 0 Å². The number of carbonyl (C=O) groups is 3. The van der Waals surface area contributed by atoms with Crippen molar-refractivity contribution in [1.82, 2.24) is 0 Å². The first-order valence-corrected chi connectivity index (χ1v) is 7.75. The van der Waals surface area contributed by atoms with Gasteiger partial charge in [0, 0.05) is 0 Å². The molecule has 4 N–H and O–H groups in total. The Balaban J connectivity index is 0.000000462. The van der Waals surface area contributed by atoms with Gasteiger partial charge in [0.2, 0.25) is 0 Å². The molecule has 0 saturated carbocycles. The van der Waals surface area contributed by atoms with Crippen molar-refractivity contribution in [2.45, 2.75) is 47.1 Å². The second kappa shape index (κ2) is 8.62. The molecule has 0 bridgehead atoms. The van der Waals surface area contributed by atoms with Crippen LogP contribution >= 0.6 is 0 Å². The number of hydrogen-bond acceptors (Lipinski definition) is 4. The van der Waals surface area contributed by atoms with Gasteiger partial charge in [-0.25, -0.2) is 9.59 Å². The molecule has 0 spiro atoms. The molecule has 7 heteroatoms. The lowest BCUT2D eigenvalue weighted by atomic mass is 9.71. The summed E-state index contributed by atoms with van der Waals surface area (Å²) < 4.78 is 0. The monoisotopic (exact) mass is 354 g/mol. The minimum absolute atomic E-state index is 0.0833. The van der Waals surface area contributed by atoms with Gasteiger partial charge in [0.15, 0.2) is 0 Å². The molecule has 140 valence electrons. The van der Waals surface area contributed by atoms with Crippen LogP contribution in [-0.4, -0.2) is 44.4 Å². The van der Waals surface area contributed by atoms with Gasteiger partial charge in [0.25, 0.3) is 0 Å². The van der Waals surface area contributed by atoms with Gasteiger partial charge >= 0.3 is 17.9 Å². The van der Waals surface area contributed by atoms with E-state index in [0.717, 1.165) is 6.42 Å². The summed E-state index contributed by atoms with van der Waals surface area (Å²) in [5, 5.41) is 35.7. The first-order chi connectivity index (χ1) is 11.3. The number of benzene rings is 1. The number of rotatable bonds is 6. The topological polar surface area (TPSA) is 132 Å². The molecule has 1 unspecified atom stereocenters. The molecule has 0 aromatic heterocycles. The van der Waals surface area contributed by atoms with Gasteiger partial charge in [-0.05, 0) is 49.9 Å². The summed E-state index contributed by atoms with van der Waals surface area (Å²) in [5.74, 6) is -3.08. The Morgan fingerprint density at radius 3 is 1.40 bits per heavy atom. The molecule has 1 atom stereocenters. The summed E-state index contributed by atoms with van der Waals surface area (Å²) in [6.07, 6.45) is -0.0762. The Bertz CT molecular complexity index is 582. The highest BCUT2D eigenvalue weighted by atomic mass is 16.4. The lowest BCUT2D eigenvalue weighted by molar-refractivity contribution is -0.159. The van der Waals surface area contributed by atoms with Crippen molar-refractivity contribution in [1.29, 1.82) is 0 Å². The highest BCUT2D eigenvalue weighted by Gasteiger charge is 2.43. The van der Waals surface area contributed by atoms with Gasteiger partial charge in [0.05, 0.1) is 22.6 Å². The van der Waals surface area contributed by atoms with Gasteiger partial charge < -0.3 is 20.4 Å². The molecule has 0 aliphatic heterocycles. The molecule has 25 heavy (non-hydrogen) atoms. The van der Waals surface area contributed by atoms with Crippen LogP contribution in [0.25, 0.3) is 0 Å². The summed E-state index contributed by atoms with van der Waals surface area (Å²) >= 11 is 0. The molecule has 0 aliphatic rings. The third-order valence-electron chi connectivity index (χ3n) is 4.27. The van der Waals surface area contributed by atoms with Crippen molar-refractivity contribution in [2.24, 2.45) is 10.8 Å². The molecule has 0 fully saturated rings. The van der Waals surface area contributed by atoms with Crippen LogP contribution in [-0.2, 0) is 4.79 Å². The summed E-state index contributed by atoms with van der Waals surface area (Å²) in [4.78, 5) is 31.5. The van der Waals surface area contributed by atoms with E-state index >= 15 is 0 Å². The van der Waals surface area contributed by atoms with E-state index in [2.05, 4.69) is 0 Å². The number of carboxylic acids is 3. The molecule has 7 nitrogen and oxygen atoms in total. The second-order valence-corrected chi connectivity index (χ2v) is 6.96. The summed E-state index contributed by atoms with van der Waals surface area (Å²) in [5.41, 5.74) is -1.28. The van der Waals surface area contributed by atoms with E-state index in [9.17, 15) is 19.5 Å². The molecule has 0 heterocycles. The third kappa shape index (κ3) is 6.19. The first-order valence-electron chi connectivity index (χ1n) is 7.75. The van der Waals surface area contributed by atoms with Crippen molar-refractivity contribution in [2.75, 3.05) is 0 Å². The highest BCUT2D eigenvalue weighted by Crippen LogP contribution is 2.36. The van der Waals surface area contributed by atoms with E-state index in [1.54, 1.807) is 13.8 Å². The second-order valence-electron chi connectivity index (χ2n) is 6.96. The van der Waals surface area contributed by atoms with Crippen molar-refractivity contribution in [3.8, 4) is 0 Å². The SMILES string of the molecule is CCC(C)(C)C(O)C(C)(C)C(=O)O.O=C(O)c1ccc(C(=O)O)cc1. The number of aliphatic carboxylic acids is 1. The molecule has 1 rings (SSSR count). The largest absolute Gasteiger partial charge is 0.481 e. The minimum atomic E-state index is -1.08. The number of aliphatic hydroxyl groups excluding tert-OH is 1. The standard InChI is InChI=1S/C10H20O3.C8H6O4/c1-6-9(2,3)7(11)10(4,5)8(12)13;9-7(10)5-1-2-6(4-3-5)8(11)12/h7,11H,6H2,1-5H3,(H,12,13);1-4H,(H,9,10)(H,11,12). The zero-order valence-corrected chi connectivity index (χ0v) is 15.1. The Morgan fingerprint density at radius 1 is 0.880 bits per heavy atom. The van der Waals surface area contributed by atoms with Crippen molar-refractivity contribution >= 4 is 17.9 Å². The van der Waals surface area contributed by atoms with Crippen LogP contribution in [0.1, 0.15) is 61.8 Å². The fourth-order valence-corrected chi connectivity index (χ4v) is 2.04. The normalized spacial score (nSPS) is 12.6. The van der Waals surface area contributed by atoms with Crippen LogP contribution in [0.3, 0.4) is 0 Å². The fourth-order valence-electron chi connectivity index (χ4n) is 2.04. The van der Waals surface area contributed by atoms with E-state index in [0.29, 0.717) is 0 Å². The van der Waals surface area contributed by atoms with Crippen molar-refractivity contribution in [3.63, 3.8) is 0 Å². The summed E-state index contributed by atoms with van der Waals surface area (Å²) in [7, 11) is 0. The van der Waals surface area contributed by atoms with Crippen LogP contribution in [0, 0.1) is 10.8 Å². The van der Waals surface area contributed by atoms with Gasteiger partial charge in [0.1, 0.15) is 0 Å². The Morgan fingerprint density at radius 2 is 1.20 bits per heavy atom. The Kier molecular flexibility index (Phi) is 7.79. The zero-order chi connectivity index (χ0) is 20.0. The van der Waals surface area contributed by atoms with E-state index in [1.165, 1.54) is 24.3 Å². The van der Waals surface area contributed by atoms with Crippen LogP contribution in [0.5, 0.6) is 0 Å². The fraction of sp³-hybridized carbons (Fsp3) is 0.500. The van der Waals surface area contributed by atoms with Crippen LogP contribution in [0.15, 0.2) is 24.3 Å². The number of carboxylic acid groups (broad SMARTS) is 3. The smallest absolute Gasteiger partial charge is 0.335 e. The first kappa shape index (κ1) is 22.6. The molecule has 0 amide bonds. The van der Waals surface area contributed by atoms with E-state index in [4.69, 9.17) is 15.3 Å². The van der Waals surface area contributed by atoms with Gasteiger partial charge in [-0.3, -0.25) is 4.79 Å². The lowest BCUT2D eigenvalue weighted by Gasteiger charge is -2.37. The molecule has 0 saturated heterocycles. The zero-order valence-electron chi connectivity index (χ0n) is 15.1. The maximum Gasteiger partial charge on any atom is 0.335 e. The molecular formula is C18H26O7. The van der Waals surface area contributed by atoms with Crippen molar-refractivity contribution < 1.29 is 34.8 Å². The van der Waals surface area contributed by atoms with Crippen molar-refractivity contribution in [3.05, 3.63) is 35.4 Å². The van der Waals surface area contributed by atoms with Gasteiger partial charge in [-0.2, -0.15) is 0 Å². The average molecular weight is 354 g/mol. The quantitative estimate of drug-likeness (QED) is 0.617. The molecule has 0 radical (unpaired) electrons. The van der Waals surface area contributed by atoms with Crippen LogP contribution in [0.2, 0.25) is 0 Å². The molecule has 1 aromatic rings. The number of aromatic carboxylic acids is 2. The minimum Gasteiger partial charge on any atom is -0.481 e. The van der Waals surface area contributed by atoms with Gasteiger partial charge in [-0.15, -0.1) is 0 Å². The van der Waals surface area contributed by atoms with E-state index in [-0.39, 0.29) is 16.5 Å². The molecule has 0 aliphatic carbocycles. The summed E-state index contributed by atoms with van der Waals surface area (Å²) in [6, 6.07) is 5.02. The predicted octanol–water partition coefficient (Wildman–Crippen LogP) is 2.98. The predicted molar refractivity (Wildman–Crippen MR) is 91.9 cm³/mol. The van der Waals surface area contributed by atoms with Crippen LogP contribution < -0.4 is 0 Å². The maximum absolute atomic E-state index is 10.9. The highest BCUT2D eigenvalue weighted by molar-refractivity contribution is 5.91. The van der Waals surface area contributed by atoms with E-state index in [1.807, 2.05) is 20.8 Å². The molecule has 1 aromatic carbocycles. The lowest BCUT2D eigenvalue weighted by Crippen LogP contribution is -2.45. The Labute approximate surface area is 146 Å². The molecular weight excluding hydrogens is 328 g/mol. The Hall–Kier alpha value is -2.41. The average Bonchev–Trinajstić information content (AvgIpc) is 2.54. The van der Waals surface area contributed by atoms with E-state index < -0.39 is 29.4 Å². The maximum atomic E-state index is 10.9. The number of aliphatic hydroxyl groups is 1. The third-order valence-corrected chi connectivity index (χ3v) is 4.27.